The molecule has 160 valence electrons. The Kier molecular flexibility index (Phi) is 8.49. The third-order valence-corrected chi connectivity index (χ3v) is 3.83. The van der Waals surface area contributed by atoms with Crippen molar-refractivity contribution in [3.05, 3.63) is 59.7 Å². The number of hydrazine groups is 1. The molecule has 0 bridgehead atoms. The Morgan fingerprint density at radius 3 is 2.23 bits per heavy atom. The fraction of sp³-hybridized carbons (Fsp3) is 0.286. The Bertz CT molecular complexity index is 868. The molecule has 0 radical (unpaired) electrons. The van der Waals surface area contributed by atoms with Crippen LogP contribution in [0.15, 0.2) is 48.5 Å². The molecule has 0 spiro atoms. The van der Waals surface area contributed by atoms with Gasteiger partial charge in [-0.05, 0) is 43.7 Å². The number of carbonyl (C=O) groups excluding carboxylic acids is 3. The maximum Gasteiger partial charge on any atom is 0.315 e. The molecule has 0 aliphatic heterocycles. The lowest BCUT2D eigenvalue weighted by atomic mass is 10.1. The minimum Gasteiger partial charge on any atom is -0.493 e. The zero-order chi connectivity index (χ0) is 21.9. The molecule has 9 nitrogen and oxygen atoms in total. The molecule has 0 heterocycles. The monoisotopic (exact) mass is 414 g/mol. The van der Waals surface area contributed by atoms with Crippen molar-refractivity contribution in [2.75, 3.05) is 13.7 Å². The fourth-order valence-corrected chi connectivity index (χ4v) is 2.39. The Hall–Kier alpha value is -3.75. The van der Waals surface area contributed by atoms with E-state index in [1.54, 1.807) is 48.5 Å². The molecule has 0 aromatic heterocycles. The van der Waals surface area contributed by atoms with E-state index >= 15 is 0 Å². The Morgan fingerprint density at radius 1 is 0.933 bits per heavy atom. The first-order chi connectivity index (χ1) is 14.4. The number of benzene rings is 2. The number of hydrogen-bond donors (Lipinski definition) is 4. The average molecular weight is 414 g/mol. The first-order valence-corrected chi connectivity index (χ1v) is 9.37. The van der Waals surface area contributed by atoms with Crippen LogP contribution < -0.4 is 31.0 Å². The summed E-state index contributed by atoms with van der Waals surface area (Å²) in [4.78, 5) is 35.6. The van der Waals surface area contributed by atoms with E-state index in [1.165, 1.54) is 7.11 Å². The van der Waals surface area contributed by atoms with Crippen LogP contribution in [0.25, 0.3) is 0 Å². The van der Waals surface area contributed by atoms with Gasteiger partial charge in [0, 0.05) is 18.2 Å². The molecule has 0 unspecified atom stereocenters. The van der Waals surface area contributed by atoms with Gasteiger partial charge < -0.3 is 20.1 Å². The molecular formula is C21H26N4O5. The third kappa shape index (κ3) is 7.34. The summed E-state index contributed by atoms with van der Waals surface area (Å²) in [5.41, 5.74) is 5.81. The second-order valence-corrected chi connectivity index (χ2v) is 6.62. The van der Waals surface area contributed by atoms with Crippen molar-refractivity contribution in [1.82, 2.24) is 21.5 Å². The van der Waals surface area contributed by atoms with Crippen LogP contribution in [0.1, 0.15) is 29.8 Å². The van der Waals surface area contributed by atoms with Crippen molar-refractivity contribution in [3.63, 3.8) is 0 Å². The van der Waals surface area contributed by atoms with E-state index < -0.39 is 11.8 Å². The van der Waals surface area contributed by atoms with Crippen molar-refractivity contribution in [2.24, 2.45) is 0 Å². The van der Waals surface area contributed by atoms with E-state index in [-0.39, 0.29) is 18.7 Å². The van der Waals surface area contributed by atoms with E-state index in [1.807, 2.05) is 13.8 Å². The van der Waals surface area contributed by atoms with Gasteiger partial charge in [-0.15, -0.1) is 0 Å². The molecule has 0 aliphatic carbocycles. The molecule has 30 heavy (non-hydrogen) atoms. The molecule has 2 aromatic carbocycles. The molecule has 4 amide bonds. The van der Waals surface area contributed by atoms with Gasteiger partial charge in [0.05, 0.1) is 7.11 Å². The molecule has 2 aromatic rings. The van der Waals surface area contributed by atoms with Crippen molar-refractivity contribution in [1.29, 1.82) is 0 Å². The number of carbonyl (C=O) groups is 3. The SMILES string of the molecule is COc1ccccc1OCC(=O)NNC(=O)c1ccc(CNC(=O)NC(C)C)cc1. The quantitative estimate of drug-likeness (QED) is 0.491. The lowest BCUT2D eigenvalue weighted by molar-refractivity contribution is -0.123. The van der Waals surface area contributed by atoms with Crippen LogP contribution in [-0.4, -0.2) is 37.6 Å². The van der Waals surface area contributed by atoms with Crippen molar-refractivity contribution in [2.45, 2.75) is 26.4 Å². The summed E-state index contributed by atoms with van der Waals surface area (Å²) in [5.74, 6) is -0.0673. The maximum absolute atomic E-state index is 12.2. The van der Waals surface area contributed by atoms with E-state index in [0.717, 1.165) is 5.56 Å². The predicted molar refractivity (Wildman–Crippen MR) is 111 cm³/mol. The standard InChI is InChI=1S/C21H26N4O5/c1-14(2)23-21(28)22-12-15-8-10-16(11-9-15)20(27)25-24-19(26)13-30-18-7-5-4-6-17(18)29-3/h4-11,14H,12-13H2,1-3H3,(H,24,26)(H,25,27)(H2,22,23,28). The third-order valence-electron chi connectivity index (χ3n) is 3.83. The summed E-state index contributed by atoms with van der Waals surface area (Å²) in [6.07, 6.45) is 0. The van der Waals surface area contributed by atoms with Crippen LogP contribution in [0.2, 0.25) is 0 Å². The van der Waals surface area contributed by atoms with Gasteiger partial charge in [-0.2, -0.15) is 0 Å². The molecule has 4 N–H and O–H groups in total. The van der Waals surface area contributed by atoms with E-state index in [4.69, 9.17) is 9.47 Å². The number of amides is 4. The van der Waals surface area contributed by atoms with E-state index in [9.17, 15) is 14.4 Å². The minimum atomic E-state index is -0.522. The highest BCUT2D eigenvalue weighted by Crippen LogP contribution is 2.25. The first-order valence-electron chi connectivity index (χ1n) is 9.37. The number of hydrogen-bond acceptors (Lipinski definition) is 5. The topological polar surface area (TPSA) is 118 Å². The summed E-state index contributed by atoms with van der Waals surface area (Å²) < 4.78 is 10.5. The lowest BCUT2D eigenvalue weighted by Crippen LogP contribution is -2.43. The molecule has 9 heteroatoms. The molecule has 0 atom stereocenters. The van der Waals surface area contributed by atoms with Crippen LogP contribution in [0.3, 0.4) is 0 Å². The number of methoxy groups -OCH3 is 1. The average Bonchev–Trinajstić information content (AvgIpc) is 2.74. The lowest BCUT2D eigenvalue weighted by Gasteiger charge is -2.11. The fourth-order valence-electron chi connectivity index (χ4n) is 2.39. The van der Waals surface area contributed by atoms with Crippen LogP contribution in [0.5, 0.6) is 11.5 Å². The summed E-state index contributed by atoms with van der Waals surface area (Å²) in [5, 5.41) is 5.45. The minimum absolute atomic E-state index is 0.0476. The highest BCUT2D eigenvalue weighted by molar-refractivity contribution is 5.95. The number of urea groups is 1. The zero-order valence-corrected chi connectivity index (χ0v) is 17.2. The number of ether oxygens (including phenoxy) is 2. The molecule has 2 rings (SSSR count). The summed E-state index contributed by atoms with van der Waals surface area (Å²) in [7, 11) is 1.50. The van der Waals surface area contributed by atoms with E-state index in [2.05, 4.69) is 21.5 Å². The van der Waals surface area contributed by atoms with Gasteiger partial charge in [-0.1, -0.05) is 24.3 Å². The van der Waals surface area contributed by atoms with Crippen LogP contribution >= 0.6 is 0 Å². The highest BCUT2D eigenvalue weighted by atomic mass is 16.5. The van der Waals surface area contributed by atoms with Gasteiger partial charge in [0.1, 0.15) is 0 Å². The smallest absolute Gasteiger partial charge is 0.315 e. The van der Waals surface area contributed by atoms with Gasteiger partial charge >= 0.3 is 6.03 Å². The molecule has 0 fully saturated rings. The number of rotatable bonds is 8. The molecular weight excluding hydrogens is 388 g/mol. The van der Waals surface area contributed by atoms with Gasteiger partial charge in [0.25, 0.3) is 11.8 Å². The molecule has 0 saturated heterocycles. The summed E-state index contributed by atoms with van der Waals surface area (Å²) in [6.45, 7) is 3.79. The van der Waals surface area contributed by atoms with Crippen molar-refractivity contribution >= 4 is 17.8 Å². The zero-order valence-electron chi connectivity index (χ0n) is 17.2. The van der Waals surface area contributed by atoms with Crippen molar-refractivity contribution in [3.8, 4) is 11.5 Å². The van der Waals surface area contributed by atoms with Gasteiger partial charge in [0.15, 0.2) is 18.1 Å². The van der Waals surface area contributed by atoms with E-state index in [0.29, 0.717) is 23.6 Å². The second kappa shape index (κ2) is 11.3. The van der Waals surface area contributed by atoms with Crippen molar-refractivity contribution < 1.29 is 23.9 Å². The van der Waals surface area contributed by atoms with Crippen LogP contribution in [-0.2, 0) is 11.3 Å². The maximum atomic E-state index is 12.2. The first kappa shape index (κ1) is 22.5. The summed E-state index contributed by atoms with van der Waals surface area (Å²) in [6, 6.07) is 13.4. The number of nitrogens with one attached hydrogen (secondary N) is 4. The number of para-hydroxylation sites is 2. The van der Waals surface area contributed by atoms with Gasteiger partial charge in [-0.25, -0.2) is 4.79 Å². The predicted octanol–water partition coefficient (Wildman–Crippen LogP) is 1.74. The largest absolute Gasteiger partial charge is 0.493 e. The Morgan fingerprint density at radius 2 is 1.60 bits per heavy atom. The molecule has 0 aliphatic rings. The Labute approximate surface area is 175 Å². The van der Waals surface area contributed by atoms with Crippen LogP contribution in [0.4, 0.5) is 4.79 Å². The summed E-state index contributed by atoms with van der Waals surface area (Å²) >= 11 is 0. The highest BCUT2D eigenvalue weighted by Gasteiger charge is 2.10. The second-order valence-electron chi connectivity index (χ2n) is 6.62. The Balaban J connectivity index is 1.76. The van der Waals surface area contributed by atoms with Gasteiger partial charge in [0.2, 0.25) is 0 Å². The van der Waals surface area contributed by atoms with Gasteiger partial charge in [-0.3, -0.25) is 20.4 Å². The molecule has 0 saturated carbocycles. The van der Waals surface area contributed by atoms with Crippen LogP contribution in [0, 0.1) is 0 Å². The normalized spacial score (nSPS) is 10.1.